The van der Waals surface area contributed by atoms with Crippen molar-refractivity contribution >= 4 is 33.7 Å². The number of ether oxygens (including phenoxy) is 1. The van der Waals surface area contributed by atoms with E-state index in [4.69, 9.17) is 9.15 Å². The van der Waals surface area contributed by atoms with Gasteiger partial charge in [-0.05, 0) is 50.4 Å². The van der Waals surface area contributed by atoms with Crippen molar-refractivity contribution in [1.82, 2.24) is 25.0 Å². The molecule has 2 aromatic rings. The van der Waals surface area contributed by atoms with Crippen LogP contribution < -0.4 is 10.1 Å². The number of likely N-dealkylation sites (N-methyl/N-ethyl adjacent to an activating group) is 1. The van der Waals surface area contributed by atoms with Gasteiger partial charge in [-0.3, -0.25) is 14.4 Å². The summed E-state index contributed by atoms with van der Waals surface area (Å²) in [5.41, 5.74) is 0.106. The molecule has 2 fully saturated rings. The van der Waals surface area contributed by atoms with E-state index < -0.39 is 18.0 Å². The highest BCUT2D eigenvalue weighted by atomic mass is 79.9. The number of carbonyl (C=O) groups is 3. The average Bonchev–Trinajstić information content (AvgIpc) is 3.61. The first-order valence-electron chi connectivity index (χ1n) is 14.8. The number of halogens is 1. The zero-order chi connectivity index (χ0) is 30.6. The molecule has 1 N–H and O–H groups in total. The van der Waals surface area contributed by atoms with Crippen LogP contribution in [0.3, 0.4) is 0 Å². The van der Waals surface area contributed by atoms with Crippen LogP contribution in [0.5, 0.6) is 5.75 Å². The zero-order valence-electron chi connectivity index (χ0n) is 25.6. The molecule has 2 aliphatic rings. The maximum Gasteiger partial charge on any atom is 0.255 e. The summed E-state index contributed by atoms with van der Waals surface area (Å²) in [5.74, 6) is 1.03. The minimum Gasteiger partial charge on any atom is -0.483 e. The molecule has 2 aliphatic heterocycles. The lowest BCUT2D eigenvalue weighted by atomic mass is 9.94. The molecule has 1 aromatic heterocycles. The van der Waals surface area contributed by atoms with Crippen molar-refractivity contribution in [2.75, 3.05) is 39.8 Å². The van der Waals surface area contributed by atoms with Crippen molar-refractivity contribution in [3.8, 4) is 5.75 Å². The summed E-state index contributed by atoms with van der Waals surface area (Å²) in [4.78, 5) is 51.1. The first-order valence-corrected chi connectivity index (χ1v) is 15.6. The largest absolute Gasteiger partial charge is 0.483 e. The van der Waals surface area contributed by atoms with Gasteiger partial charge in [0, 0.05) is 42.6 Å². The van der Waals surface area contributed by atoms with Gasteiger partial charge in [-0.2, -0.15) is 0 Å². The summed E-state index contributed by atoms with van der Waals surface area (Å²) in [5, 5.41) is 2.97. The van der Waals surface area contributed by atoms with E-state index in [1.165, 1.54) is 0 Å². The van der Waals surface area contributed by atoms with Gasteiger partial charge in [0.25, 0.3) is 5.91 Å². The highest BCUT2D eigenvalue weighted by Crippen LogP contribution is 2.27. The van der Waals surface area contributed by atoms with Crippen molar-refractivity contribution in [2.24, 2.45) is 5.92 Å². The molecular weight excluding hydrogens is 602 g/mol. The molecule has 230 valence electrons. The van der Waals surface area contributed by atoms with Crippen LogP contribution in [-0.4, -0.2) is 89.3 Å². The van der Waals surface area contributed by atoms with E-state index in [1.54, 1.807) is 29.3 Å². The van der Waals surface area contributed by atoms with E-state index in [0.717, 1.165) is 25.3 Å². The Hall–Kier alpha value is -2.92. The first kappa shape index (κ1) is 32.0. The summed E-state index contributed by atoms with van der Waals surface area (Å²) in [6, 6.07) is 3.91. The fraction of sp³-hybridized carbons (Fsp3) is 0.613. The van der Waals surface area contributed by atoms with Crippen molar-refractivity contribution in [1.29, 1.82) is 0 Å². The summed E-state index contributed by atoms with van der Waals surface area (Å²) in [6.07, 6.45) is 3.54. The van der Waals surface area contributed by atoms with E-state index in [9.17, 15) is 14.4 Å². The van der Waals surface area contributed by atoms with Crippen LogP contribution in [0.25, 0.3) is 0 Å². The molecule has 2 saturated heterocycles. The van der Waals surface area contributed by atoms with E-state index >= 15 is 0 Å². The van der Waals surface area contributed by atoms with E-state index in [0.29, 0.717) is 54.2 Å². The number of nitrogens with one attached hydrogen (secondary N) is 1. The van der Waals surface area contributed by atoms with Crippen LogP contribution in [0.2, 0.25) is 0 Å². The van der Waals surface area contributed by atoms with Crippen LogP contribution in [0.4, 0.5) is 0 Å². The molecule has 0 bridgehead atoms. The van der Waals surface area contributed by atoms with Crippen molar-refractivity contribution in [2.45, 2.75) is 78.0 Å². The Morgan fingerprint density at radius 2 is 1.86 bits per heavy atom. The lowest BCUT2D eigenvalue weighted by molar-refractivity contribution is -0.145. The van der Waals surface area contributed by atoms with Crippen LogP contribution in [0.1, 0.15) is 75.9 Å². The van der Waals surface area contributed by atoms with Crippen LogP contribution in [0, 0.1) is 5.92 Å². The van der Waals surface area contributed by atoms with Gasteiger partial charge in [0.05, 0.1) is 11.8 Å². The lowest BCUT2D eigenvalue weighted by Crippen LogP contribution is -2.56. The molecule has 4 rings (SSSR count). The first-order chi connectivity index (χ1) is 19.8. The van der Waals surface area contributed by atoms with Crippen molar-refractivity contribution in [3.63, 3.8) is 0 Å². The third-order valence-corrected chi connectivity index (χ3v) is 8.27. The number of rotatable bonds is 9. The number of aromatic nitrogens is 1. The zero-order valence-corrected chi connectivity index (χ0v) is 27.2. The molecule has 0 saturated carbocycles. The number of amides is 3. The molecule has 11 heteroatoms. The van der Waals surface area contributed by atoms with Gasteiger partial charge in [-0.1, -0.05) is 50.5 Å². The van der Waals surface area contributed by atoms with Crippen LogP contribution in [-0.2, 0) is 21.6 Å². The van der Waals surface area contributed by atoms with Crippen molar-refractivity contribution in [3.05, 3.63) is 46.1 Å². The van der Waals surface area contributed by atoms with Gasteiger partial charge < -0.3 is 29.2 Å². The molecule has 2 atom stereocenters. The Morgan fingerprint density at radius 1 is 1.14 bits per heavy atom. The maximum absolute atomic E-state index is 13.9. The third-order valence-electron chi connectivity index (χ3n) is 7.78. The number of carbonyl (C=O) groups excluding carboxylic acids is 3. The SMILES string of the molecule is CC(C)C[C@@H](NC(=O)c1cc(Br)ccc1OCc1ncc(C(C)(C)C)o1)C(=O)N1CCC[C@@H]1C(=O)N1CCN(C)CC1. The molecule has 0 unspecified atom stereocenters. The summed E-state index contributed by atoms with van der Waals surface area (Å²) < 4.78 is 12.5. The summed E-state index contributed by atoms with van der Waals surface area (Å²) in [7, 11) is 2.05. The summed E-state index contributed by atoms with van der Waals surface area (Å²) in [6.45, 7) is 13.7. The maximum atomic E-state index is 13.9. The molecule has 0 radical (unpaired) electrons. The lowest BCUT2D eigenvalue weighted by Gasteiger charge is -2.36. The van der Waals surface area contributed by atoms with Gasteiger partial charge in [0.2, 0.25) is 17.7 Å². The normalized spacial score (nSPS) is 18.8. The minimum absolute atomic E-state index is 0.00685. The van der Waals surface area contributed by atoms with Gasteiger partial charge >= 0.3 is 0 Å². The fourth-order valence-corrected chi connectivity index (χ4v) is 5.68. The van der Waals surface area contributed by atoms with E-state index in [2.05, 4.69) is 31.1 Å². The Kier molecular flexibility index (Phi) is 10.4. The van der Waals surface area contributed by atoms with Crippen LogP contribution >= 0.6 is 15.9 Å². The second kappa shape index (κ2) is 13.6. The molecule has 3 heterocycles. The molecule has 0 spiro atoms. The Labute approximate surface area is 257 Å². The molecule has 1 aromatic carbocycles. The topological polar surface area (TPSA) is 108 Å². The highest BCUT2D eigenvalue weighted by molar-refractivity contribution is 9.10. The van der Waals surface area contributed by atoms with Gasteiger partial charge in [0.1, 0.15) is 23.6 Å². The molecule has 3 amide bonds. The van der Waals surface area contributed by atoms with Crippen molar-refractivity contribution < 1.29 is 23.5 Å². The summed E-state index contributed by atoms with van der Waals surface area (Å²) >= 11 is 3.45. The minimum atomic E-state index is -0.772. The molecular formula is C31H44BrN5O5. The second-order valence-corrected chi connectivity index (χ2v) is 13.7. The van der Waals surface area contributed by atoms with Gasteiger partial charge in [-0.25, -0.2) is 4.98 Å². The number of benzene rings is 1. The Balaban J connectivity index is 1.48. The molecule has 10 nitrogen and oxygen atoms in total. The monoisotopic (exact) mass is 645 g/mol. The Morgan fingerprint density at radius 3 is 2.50 bits per heavy atom. The fourth-order valence-electron chi connectivity index (χ4n) is 5.32. The number of hydrogen-bond acceptors (Lipinski definition) is 7. The standard InChI is InChI=1S/C31H44BrN5O5/c1-20(2)16-23(29(39)37-11-7-8-24(37)30(40)36-14-12-35(6)13-15-36)34-28(38)22-17-21(32)9-10-25(22)41-19-27-33-18-26(42-27)31(3,4)5/h9-10,17-18,20,23-24H,7-8,11-16,19H2,1-6H3,(H,34,38)/t23-,24-/m1/s1. The smallest absolute Gasteiger partial charge is 0.255 e. The van der Waals surface area contributed by atoms with Crippen LogP contribution in [0.15, 0.2) is 33.3 Å². The quantitative estimate of drug-likeness (QED) is 0.435. The average molecular weight is 647 g/mol. The van der Waals surface area contributed by atoms with E-state index in [-0.39, 0.29) is 29.8 Å². The molecule has 0 aliphatic carbocycles. The van der Waals surface area contributed by atoms with E-state index in [1.807, 2.05) is 46.6 Å². The predicted octanol–water partition coefficient (Wildman–Crippen LogP) is 4.22. The Bertz CT molecular complexity index is 1260. The number of piperazine rings is 1. The number of likely N-dealkylation sites (tertiary alicyclic amines) is 1. The second-order valence-electron chi connectivity index (χ2n) is 12.8. The highest BCUT2D eigenvalue weighted by Gasteiger charge is 2.40. The predicted molar refractivity (Wildman–Crippen MR) is 163 cm³/mol. The van der Waals surface area contributed by atoms with Gasteiger partial charge in [-0.15, -0.1) is 0 Å². The number of oxazole rings is 1. The molecule has 42 heavy (non-hydrogen) atoms. The number of hydrogen-bond donors (Lipinski definition) is 1. The van der Waals surface area contributed by atoms with Gasteiger partial charge in [0.15, 0.2) is 6.61 Å². The number of nitrogens with zero attached hydrogens (tertiary/aromatic N) is 4. The third kappa shape index (κ3) is 7.92.